The van der Waals surface area contributed by atoms with Crippen LogP contribution < -0.4 is 0 Å². The summed E-state index contributed by atoms with van der Waals surface area (Å²) >= 11 is 6.31. The molecule has 1 saturated heterocycles. The number of hydrogen-bond acceptors (Lipinski definition) is 5. The lowest BCUT2D eigenvalue weighted by atomic mass is 10.1. The van der Waals surface area contributed by atoms with E-state index in [9.17, 15) is 4.79 Å². The minimum absolute atomic E-state index is 0.0659. The Balaban J connectivity index is 1.66. The Kier molecular flexibility index (Phi) is 5.69. The zero-order valence-corrected chi connectivity index (χ0v) is 17.2. The van der Waals surface area contributed by atoms with Crippen LogP contribution in [0.15, 0.2) is 41.1 Å². The molecule has 1 fully saturated rings. The SMILES string of the molecule is Cc1onc(-c2ccccc2)c1CN(Cc1nn(C)cc1Cl)C(=O)[C@@H]1CCCO1. The molecular weight excluding hydrogens is 392 g/mol. The number of nitrogens with zero attached hydrogens (tertiary/aromatic N) is 4. The fraction of sp³-hybridized carbons (Fsp3) is 0.381. The summed E-state index contributed by atoms with van der Waals surface area (Å²) in [5, 5.41) is 9.17. The second-order valence-electron chi connectivity index (χ2n) is 7.23. The topological polar surface area (TPSA) is 73.4 Å². The van der Waals surface area contributed by atoms with E-state index < -0.39 is 6.10 Å². The summed E-state index contributed by atoms with van der Waals surface area (Å²) < 4.78 is 12.8. The van der Waals surface area contributed by atoms with Crippen LogP contribution in [0.5, 0.6) is 0 Å². The van der Waals surface area contributed by atoms with E-state index in [-0.39, 0.29) is 12.5 Å². The number of carbonyl (C=O) groups excluding carboxylic acids is 1. The number of rotatable bonds is 6. The number of ether oxygens (including phenoxy) is 1. The van der Waals surface area contributed by atoms with Crippen LogP contribution in [0, 0.1) is 6.92 Å². The lowest BCUT2D eigenvalue weighted by Gasteiger charge is -2.25. The van der Waals surface area contributed by atoms with Gasteiger partial charge in [-0.2, -0.15) is 5.10 Å². The molecule has 7 nitrogen and oxygen atoms in total. The number of carbonyl (C=O) groups is 1. The van der Waals surface area contributed by atoms with Crippen molar-refractivity contribution in [2.75, 3.05) is 6.61 Å². The van der Waals surface area contributed by atoms with Gasteiger partial charge in [0.05, 0.1) is 18.1 Å². The van der Waals surface area contributed by atoms with E-state index in [1.54, 1.807) is 22.8 Å². The highest BCUT2D eigenvalue weighted by molar-refractivity contribution is 6.31. The van der Waals surface area contributed by atoms with Crippen LogP contribution in [-0.4, -0.2) is 38.5 Å². The predicted octanol–water partition coefficient (Wildman–Crippen LogP) is 3.74. The van der Waals surface area contributed by atoms with Crippen LogP contribution in [0.2, 0.25) is 5.02 Å². The highest BCUT2D eigenvalue weighted by atomic mass is 35.5. The summed E-state index contributed by atoms with van der Waals surface area (Å²) in [6.45, 7) is 3.09. The van der Waals surface area contributed by atoms with Crippen LogP contribution in [0.1, 0.15) is 29.9 Å². The van der Waals surface area contributed by atoms with Gasteiger partial charge in [-0.15, -0.1) is 0 Å². The van der Waals surface area contributed by atoms with E-state index in [4.69, 9.17) is 20.9 Å². The summed E-state index contributed by atoms with van der Waals surface area (Å²) in [6.07, 6.45) is 2.90. The number of benzene rings is 1. The average Bonchev–Trinajstić information content (AvgIpc) is 3.44. The Morgan fingerprint density at radius 1 is 1.31 bits per heavy atom. The van der Waals surface area contributed by atoms with Gasteiger partial charge in [0.15, 0.2) is 0 Å². The molecule has 4 rings (SSSR count). The largest absolute Gasteiger partial charge is 0.368 e. The number of halogens is 1. The molecule has 3 aromatic rings. The average molecular weight is 415 g/mol. The smallest absolute Gasteiger partial charge is 0.252 e. The standard InChI is InChI=1S/C21H23ClN4O3/c1-14-16(20(24-29-14)15-7-4-3-5-8-15)11-26(21(27)19-9-6-10-28-19)13-18-17(22)12-25(2)23-18/h3-5,7-8,12,19H,6,9-11,13H2,1-2H3/t19-/m0/s1. The first-order valence-corrected chi connectivity index (χ1v) is 9.99. The molecule has 152 valence electrons. The van der Waals surface area contributed by atoms with E-state index in [1.807, 2.05) is 37.3 Å². The molecule has 0 unspecified atom stereocenters. The molecule has 1 aromatic carbocycles. The van der Waals surface area contributed by atoms with E-state index >= 15 is 0 Å². The lowest BCUT2D eigenvalue weighted by molar-refractivity contribution is -0.142. The zero-order valence-electron chi connectivity index (χ0n) is 16.5. The van der Waals surface area contributed by atoms with Crippen LogP contribution in [0.3, 0.4) is 0 Å². The summed E-state index contributed by atoms with van der Waals surface area (Å²) in [5.74, 6) is 0.616. The maximum atomic E-state index is 13.2. The number of amides is 1. The van der Waals surface area contributed by atoms with Gasteiger partial charge in [0.25, 0.3) is 5.91 Å². The fourth-order valence-electron chi connectivity index (χ4n) is 3.57. The van der Waals surface area contributed by atoms with Crippen molar-refractivity contribution in [3.63, 3.8) is 0 Å². The Bertz CT molecular complexity index is 993. The van der Waals surface area contributed by atoms with Crippen molar-refractivity contribution >= 4 is 17.5 Å². The second kappa shape index (κ2) is 8.39. The molecule has 0 aliphatic carbocycles. The van der Waals surface area contributed by atoms with Gasteiger partial charge in [0, 0.05) is 31.0 Å². The number of aryl methyl sites for hydroxylation is 2. The summed E-state index contributed by atoms with van der Waals surface area (Å²) in [5.41, 5.74) is 3.20. The van der Waals surface area contributed by atoms with E-state index in [0.717, 1.165) is 29.7 Å². The molecule has 1 amide bonds. The molecule has 1 aliphatic heterocycles. The van der Waals surface area contributed by atoms with Gasteiger partial charge in [-0.3, -0.25) is 9.48 Å². The van der Waals surface area contributed by atoms with Crippen LogP contribution in [0.4, 0.5) is 0 Å². The molecule has 3 heterocycles. The highest BCUT2D eigenvalue weighted by Crippen LogP contribution is 2.28. The third-order valence-electron chi connectivity index (χ3n) is 5.09. The highest BCUT2D eigenvalue weighted by Gasteiger charge is 2.31. The molecule has 0 spiro atoms. The normalized spacial score (nSPS) is 16.3. The molecule has 0 radical (unpaired) electrons. The molecule has 8 heteroatoms. The van der Waals surface area contributed by atoms with E-state index in [1.165, 1.54) is 0 Å². The second-order valence-corrected chi connectivity index (χ2v) is 7.63. The minimum Gasteiger partial charge on any atom is -0.368 e. The van der Waals surface area contributed by atoms with Crippen molar-refractivity contribution in [2.45, 2.75) is 39.0 Å². The maximum absolute atomic E-state index is 13.2. The van der Waals surface area contributed by atoms with Gasteiger partial charge >= 0.3 is 0 Å². The quantitative estimate of drug-likeness (QED) is 0.614. The minimum atomic E-state index is -0.433. The van der Waals surface area contributed by atoms with Crippen molar-refractivity contribution in [3.8, 4) is 11.3 Å². The summed E-state index contributed by atoms with van der Waals surface area (Å²) in [4.78, 5) is 15.0. The van der Waals surface area contributed by atoms with Gasteiger partial charge in [0.2, 0.25) is 0 Å². The molecule has 2 aromatic heterocycles. The van der Waals surface area contributed by atoms with Crippen LogP contribution in [0.25, 0.3) is 11.3 Å². The van der Waals surface area contributed by atoms with Crippen molar-refractivity contribution in [1.29, 1.82) is 0 Å². The Morgan fingerprint density at radius 2 is 2.10 bits per heavy atom. The molecule has 0 N–H and O–H groups in total. The molecule has 1 aliphatic rings. The summed E-state index contributed by atoms with van der Waals surface area (Å²) in [7, 11) is 1.80. The molecule has 29 heavy (non-hydrogen) atoms. The Hall–Kier alpha value is -2.64. The van der Waals surface area contributed by atoms with E-state index in [2.05, 4.69) is 10.3 Å². The first-order chi connectivity index (χ1) is 14.0. The summed E-state index contributed by atoms with van der Waals surface area (Å²) in [6, 6.07) is 9.80. The van der Waals surface area contributed by atoms with Gasteiger partial charge in [-0.1, -0.05) is 47.1 Å². The third kappa shape index (κ3) is 4.21. The Labute approximate surface area is 174 Å². The van der Waals surface area contributed by atoms with Crippen molar-refractivity contribution in [1.82, 2.24) is 19.8 Å². The van der Waals surface area contributed by atoms with Gasteiger partial charge in [-0.25, -0.2) is 0 Å². The van der Waals surface area contributed by atoms with Gasteiger partial charge in [0.1, 0.15) is 23.3 Å². The van der Waals surface area contributed by atoms with Gasteiger partial charge < -0.3 is 14.2 Å². The lowest BCUT2D eigenvalue weighted by Crippen LogP contribution is -2.38. The Morgan fingerprint density at radius 3 is 2.76 bits per heavy atom. The maximum Gasteiger partial charge on any atom is 0.252 e. The van der Waals surface area contributed by atoms with Crippen molar-refractivity contribution in [2.24, 2.45) is 7.05 Å². The number of hydrogen-bond donors (Lipinski definition) is 0. The van der Waals surface area contributed by atoms with Crippen molar-refractivity contribution < 1.29 is 14.1 Å². The zero-order chi connectivity index (χ0) is 20.4. The van der Waals surface area contributed by atoms with Crippen LogP contribution >= 0.6 is 11.6 Å². The third-order valence-corrected chi connectivity index (χ3v) is 5.41. The van der Waals surface area contributed by atoms with Gasteiger partial charge in [-0.05, 0) is 19.8 Å². The predicted molar refractivity (Wildman–Crippen MR) is 108 cm³/mol. The first kappa shape index (κ1) is 19.7. The fourth-order valence-corrected chi connectivity index (χ4v) is 3.81. The number of aromatic nitrogens is 3. The first-order valence-electron chi connectivity index (χ1n) is 9.62. The van der Waals surface area contributed by atoms with Crippen LogP contribution in [-0.2, 0) is 29.7 Å². The molecule has 0 bridgehead atoms. The molecular formula is C21H23ClN4O3. The van der Waals surface area contributed by atoms with Crippen molar-refractivity contribution in [3.05, 3.63) is 58.6 Å². The van der Waals surface area contributed by atoms with E-state index in [0.29, 0.717) is 29.6 Å². The molecule has 0 saturated carbocycles. The molecule has 1 atom stereocenters. The monoisotopic (exact) mass is 414 g/mol.